The number of halogens is 1. The van der Waals surface area contributed by atoms with E-state index in [1.165, 1.54) is 0 Å². The summed E-state index contributed by atoms with van der Waals surface area (Å²) in [7, 11) is 3.52. The number of amidine groups is 1. The zero-order valence-electron chi connectivity index (χ0n) is 21.6. The predicted octanol–water partition coefficient (Wildman–Crippen LogP) is 4.00. The summed E-state index contributed by atoms with van der Waals surface area (Å²) in [5, 5.41) is 13.8. The van der Waals surface area contributed by atoms with E-state index in [0.717, 1.165) is 11.1 Å². The van der Waals surface area contributed by atoms with Crippen molar-refractivity contribution < 1.29 is 14.3 Å². The normalized spacial score (nSPS) is 13.7. The Hall–Kier alpha value is -3.59. The second kappa shape index (κ2) is 11.2. The van der Waals surface area contributed by atoms with Gasteiger partial charge in [0, 0.05) is 26.2 Å². The van der Waals surface area contributed by atoms with Crippen LogP contribution in [-0.2, 0) is 13.6 Å². The minimum atomic E-state index is -0.435. The highest BCUT2D eigenvalue weighted by atomic mass is 35.5. The number of carbonyl (C=O) groups is 2. The number of methoxy groups -OCH3 is 1. The molecule has 0 radical (unpaired) electrons. The number of para-hydroxylation sites is 1. The van der Waals surface area contributed by atoms with E-state index < -0.39 is 6.04 Å². The lowest BCUT2D eigenvalue weighted by molar-refractivity contribution is 0.0725. The van der Waals surface area contributed by atoms with Crippen molar-refractivity contribution in [3.63, 3.8) is 0 Å². The van der Waals surface area contributed by atoms with Gasteiger partial charge in [-0.05, 0) is 50.5 Å². The second-order valence-corrected chi connectivity index (χ2v) is 9.70. The fraction of sp³-hybridized carbons (Fsp3) is 0.407. The first-order valence-electron chi connectivity index (χ1n) is 12.4. The van der Waals surface area contributed by atoms with Crippen molar-refractivity contribution in [2.45, 2.75) is 45.3 Å². The van der Waals surface area contributed by atoms with E-state index in [9.17, 15) is 9.59 Å². The summed E-state index contributed by atoms with van der Waals surface area (Å²) in [5.74, 6) is 1.27. The highest BCUT2D eigenvalue weighted by Crippen LogP contribution is 2.31. The minimum absolute atomic E-state index is 0.0396. The molecule has 0 spiro atoms. The smallest absolute Gasteiger partial charge is 0.255 e. The summed E-state index contributed by atoms with van der Waals surface area (Å²) in [5.41, 5.74) is 3.30. The Balaban J connectivity index is 1.65. The van der Waals surface area contributed by atoms with Crippen LogP contribution in [0.15, 0.2) is 36.4 Å². The SMILES string of the molecule is COc1cccc2c1nc([C@H](CCCNC(=N)CCl)NC(=O)c1cccc3c1C(=O)N(C(C)C)C3)n2C. The largest absolute Gasteiger partial charge is 0.494 e. The van der Waals surface area contributed by atoms with Crippen molar-refractivity contribution in [3.8, 4) is 5.75 Å². The first kappa shape index (κ1) is 26.5. The molecule has 0 bridgehead atoms. The van der Waals surface area contributed by atoms with Crippen LogP contribution in [0.25, 0.3) is 11.0 Å². The lowest BCUT2D eigenvalue weighted by Gasteiger charge is -2.21. The summed E-state index contributed by atoms with van der Waals surface area (Å²) in [6, 6.07) is 10.7. The molecule has 196 valence electrons. The fourth-order valence-electron chi connectivity index (χ4n) is 4.77. The van der Waals surface area contributed by atoms with E-state index in [1.807, 2.05) is 55.8 Å². The molecular weight excluding hydrogens is 492 g/mol. The molecule has 2 aromatic carbocycles. The summed E-state index contributed by atoms with van der Waals surface area (Å²) in [4.78, 5) is 33.4. The third-order valence-corrected chi connectivity index (χ3v) is 6.99. The van der Waals surface area contributed by atoms with E-state index in [2.05, 4.69) is 10.6 Å². The van der Waals surface area contributed by atoms with Crippen LogP contribution in [0.4, 0.5) is 0 Å². The Morgan fingerprint density at radius 3 is 2.70 bits per heavy atom. The number of alkyl halides is 1. The summed E-state index contributed by atoms with van der Waals surface area (Å²) in [6.07, 6.45) is 1.23. The van der Waals surface area contributed by atoms with Crippen molar-refractivity contribution in [2.75, 3.05) is 19.5 Å². The first-order chi connectivity index (χ1) is 17.8. The van der Waals surface area contributed by atoms with Crippen molar-refractivity contribution >= 4 is 40.3 Å². The number of rotatable bonds is 10. The monoisotopic (exact) mass is 524 g/mol. The molecular formula is C27H33ClN6O3. The van der Waals surface area contributed by atoms with Crippen molar-refractivity contribution in [3.05, 3.63) is 58.9 Å². The molecule has 1 aliphatic rings. The highest BCUT2D eigenvalue weighted by molar-refractivity contribution is 6.27. The van der Waals surface area contributed by atoms with Gasteiger partial charge in [-0.3, -0.25) is 15.0 Å². The third-order valence-electron chi connectivity index (χ3n) is 6.72. The number of hydrogen-bond donors (Lipinski definition) is 3. The zero-order valence-corrected chi connectivity index (χ0v) is 22.4. The zero-order chi connectivity index (χ0) is 26.7. The molecule has 1 aromatic heterocycles. The predicted molar refractivity (Wildman–Crippen MR) is 145 cm³/mol. The van der Waals surface area contributed by atoms with Gasteiger partial charge >= 0.3 is 0 Å². The van der Waals surface area contributed by atoms with E-state index in [-0.39, 0.29) is 29.6 Å². The molecule has 2 amide bonds. The van der Waals surface area contributed by atoms with Crippen LogP contribution in [0.5, 0.6) is 5.75 Å². The van der Waals surface area contributed by atoms with Gasteiger partial charge in [-0.25, -0.2) is 4.98 Å². The molecule has 37 heavy (non-hydrogen) atoms. The van der Waals surface area contributed by atoms with Gasteiger partial charge in [0.15, 0.2) is 0 Å². The molecule has 3 N–H and O–H groups in total. The van der Waals surface area contributed by atoms with Crippen LogP contribution in [0, 0.1) is 5.41 Å². The van der Waals surface area contributed by atoms with Gasteiger partial charge in [-0.15, -0.1) is 11.6 Å². The standard InChI is InChI=1S/C27H33ClN6O3/c1-16(2)34-15-17-8-5-9-18(23(17)27(34)36)26(35)31-19(10-7-13-30-22(29)14-28)25-32-24-20(33(25)3)11-6-12-21(24)37-4/h5-6,8-9,11-12,16,19H,7,10,13-15H2,1-4H3,(H2,29,30)(H,31,35)/t19-/m0/s1. The molecule has 0 fully saturated rings. The molecule has 0 saturated carbocycles. The van der Waals surface area contributed by atoms with Gasteiger partial charge in [0.1, 0.15) is 22.9 Å². The molecule has 1 atom stereocenters. The lowest BCUT2D eigenvalue weighted by atomic mass is 10.0. The Morgan fingerprint density at radius 2 is 2.00 bits per heavy atom. The fourth-order valence-corrected chi connectivity index (χ4v) is 4.86. The Labute approximate surface area is 221 Å². The van der Waals surface area contributed by atoms with Crippen molar-refractivity contribution in [1.29, 1.82) is 5.41 Å². The lowest BCUT2D eigenvalue weighted by Crippen LogP contribution is -2.34. The number of nitrogens with zero attached hydrogens (tertiary/aromatic N) is 3. The third kappa shape index (κ3) is 5.27. The van der Waals surface area contributed by atoms with Crippen LogP contribution in [0.2, 0.25) is 0 Å². The van der Waals surface area contributed by atoms with Crippen LogP contribution in [-0.4, -0.2) is 57.7 Å². The quantitative estimate of drug-likeness (QED) is 0.161. The topological polar surface area (TPSA) is 112 Å². The number of aryl methyl sites for hydroxylation is 1. The number of ether oxygens (including phenoxy) is 1. The number of fused-ring (bicyclic) bond motifs is 2. The van der Waals surface area contributed by atoms with Crippen LogP contribution in [0.1, 0.15) is 64.8 Å². The molecule has 0 aliphatic carbocycles. The van der Waals surface area contributed by atoms with Gasteiger partial charge in [-0.1, -0.05) is 18.2 Å². The van der Waals surface area contributed by atoms with Crippen molar-refractivity contribution in [1.82, 2.24) is 25.1 Å². The van der Waals surface area contributed by atoms with Gasteiger partial charge in [0.25, 0.3) is 11.8 Å². The van der Waals surface area contributed by atoms with Crippen LogP contribution >= 0.6 is 11.6 Å². The van der Waals surface area contributed by atoms with E-state index in [4.69, 9.17) is 26.7 Å². The van der Waals surface area contributed by atoms with E-state index in [0.29, 0.717) is 54.1 Å². The molecule has 1 aliphatic heterocycles. The Kier molecular flexibility index (Phi) is 8.02. The Morgan fingerprint density at radius 1 is 1.24 bits per heavy atom. The number of aromatic nitrogens is 2. The maximum Gasteiger partial charge on any atom is 0.255 e. The molecule has 0 saturated heterocycles. The molecule has 0 unspecified atom stereocenters. The van der Waals surface area contributed by atoms with E-state index in [1.54, 1.807) is 18.1 Å². The second-order valence-electron chi connectivity index (χ2n) is 9.43. The number of nitrogens with one attached hydrogen (secondary N) is 3. The number of amides is 2. The van der Waals surface area contributed by atoms with Gasteiger partial charge < -0.3 is 24.8 Å². The maximum absolute atomic E-state index is 13.6. The van der Waals surface area contributed by atoms with Crippen molar-refractivity contribution in [2.24, 2.45) is 7.05 Å². The minimum Gasteiger partial charge on any atom is -0.494 e. The number of imidazole rings is 1. The van der Waals surface area contributed by atoms with E-state index >= 15 is 0 Å². The molecule has 2 heterocycles. The molecule has 4 rings (SSSR count). The summed E-state index contributed by atoms with van der Waals surface area (Å²) < 4.78 is 7.46. The maximum atomic E-state index is 13.6. The Bertz CT molecular complexity index is 1340. The van der Waals surface area contributed by atoms with Gasteiger partial charge in [-0.2, -0.15) is 0 Å². The van der Waals surface area contributed by atoms with Gasteiger partial charge in [0.2, 0.25) is 0 Å². The van der Waals surface area contributed by atoms with Crippen LogP contribution < -0.4 is 15.4 Å². The molecule has 3 aromatic rings. The summed E-state index contributed by atoms with van der Waals surface area (Å²) in [6.45, 7) is 4.97. The average molecular weight is 525 g/mol. The number of benzene rings is 2. The summed E-state index contributed by atoms with van der Waals surface area (Å²) >= 11 is 5.71. The molecule has 9 nitrogen and oxygen atoms in total. The van der Waals surface area contributed by atoms with Crippen LogP contribution in [0.3, 0.4) is 0 Å². The number of hydrogen-bond acceptors (Lipinski definition) is 5. The highest BCUT2D eigenvalue weighted by Gasteiger charge is 2.34. The molecule has 10 heteroatoms. The average Bonchev–Trinajstić information content (AvgIpc) is 3.42. The first-order valence-corrected chi connectivity index (χ1v) is 12.9. The number of carbonyl (C=O) groups excluding carboxylic acids is 2. The van der Waals surface area contributed by atoms with Gasteiger partial charge in [0.05, 0.1) is 35.7 Å².